The number of aromatic nitrogens is 1. The second kappa shape index (κ2) is 15.1. The maximum absolute atomic E-state index is 2.52. The van der Waals surface area contributed by atoms with Crippen molar-refractivity contribution in [3.8, 4) is 55.8 Å². The fraction of sp³-hybridized carbons (Fsp3) is 0. The van der Waals surface area contributed by atoms with E-state index in [1.54, 1.807) is 0 Å². The molecule has 0 amide bonds. The fourth-order valence-corrected chi connectivity index (χ4v) is 9.02. The fourth-order valence-electron chi connectivity index (χ4n) is 9.02. The van der Waals surface area contributed by atoms with Gasteiger partial charge in [-0.05, 0) is 86.8 Å². The highest BCUT2D eigenvalue weighted by atomic mass is 15.1. The zero-order valence-corrected chi connectivity index (χ0v) is 33.0. The van der Waals surface area contributed by atoms with Crippen molar-refractivity contribution in [2.45, 2.75) is 0 Å². The van der Waals surface area contributed by atoms with Gasteiger partial charge < -0.3 is 9.30 Å². The maximum Gasteiger partial charge on any atom is 0.0626 e. The number of hydrogen-bond acceptors (Lipinski definition) is 1. The average molecular weight is 765 g/mol. The Morgan fingerprint density at radius 3 is 1.10 bits per heavy atom. The Hall–Kier alpha value is -7.94. The van der Waals surface area contributed by atoms with E-state index in [9.17, 15) is 0 Å². The van der Waals surface area contributed by atoms with Gasteiger partial charge in [-0.1, -0.05) is 200 Å². The van der Waals surface area contributed by atoms with E-state index in [-0.39, 0.29) is 0 Å². The van der Waals surface area contributed by atoms with Crippen LogP contribution in [0.15, 0.2) is 243 Å². The Bertz CT molecular complexity index is 3160. The maximum atomic E-state index is 2.52. The Balaban J connectivity index is 1.13. The minimum Gasteiger partial charge on any atom is -0.311 e. The lowest BCUT2D eigenvalue weighted by molar-refractivity contribution is 1.28. The number of anilines is 3. The largest absolute Gasteiger partial charge is 0.311 e. The van der Waals surface area contributed by atoms with Crippen LogP contribution in [0, 0.1) is 0 Å². The Morgan fingerprint density at radius 1 is 0.250 bits per heavy atom. The van der Waals surface area contributed by atoms with E-state index in [0.29, 0.717) is 0 Å². The van der Waals surface area contributed by atoms with Crippen LogP contribution in [-0.4, -0.2) is 4.40 Å². The molecule has 0 fully saturated rings. The standard InChI is InChI=1S/C58H40N2/c1-5-17-41(18-6-1)43-29-35-48(36-30-43)59(49-37-31-44(32-38-49)42-19-7-2-8-20-42)50-39-33-46(34-40-50)56-55(45-21-9-3-10-22-45)57(47-23-11-4-12-24-47)60-54-28-16-15-26-52(54)51-25-13-14-27-53(51)58(56)60/h1-40H. The van der Waals surface area contributed by atoms with Gasteiger partial charge in [0.2, 0.25) is 0 Å². The van der Waals surface area contributed by atoms with Crippen LogP contribution in [0.2, 0.25) is 0 Å². The van der Waals surface area contributed by atoms with E-state index in [4.69, 9.17) is 0 Å². The molecule has 2 aromatic heterocycles. The van der Waals surface area contributed by atoms with E-state index in [1.165, 1.54) is 77.4 Å². The molecule has 0 atom stereocenters. The molecule has 0 bridgehead atoms. The molecule has 60 heavy (non-hydrogen) atoms. The molecule has 2 heteroatoms. The summed E-state index contributed by atoms with van der Waals surface area (Å²) in [5.41, 5.74) is 17.6. The molecule has 2 heterocycles. The normalized spacial score (nSPS) is 11.3. The van der Waals surface area contributed by atoms with E-state index < -0.39 is 0 Å². The van der Waals surface area contributed by atoms with Gasteiger partial charge in [-0.15, -0.1) is 0 Å². The lowest BCUT2D eigenvalue weighted by atomic mass is 9.92. The van der Waals surface area contributed by atoms with Crippen LogP contribution in [0.5, 0.6) is 0 Å². The van der Waals surface area contributed by atoms with E-state index in [1.807, 2.05) is 0 Å². The molecule has 0 N–H and O–H groups in total. The zero-order valence-electron chi connectivity index (χ0n) is 33.0. The topological polar surface area (TPSA) is 7.65 Å². The van der Waals surface area contributed by atoms with Crippen LogP contribution < -0.4 is 4.90 Å². The van der Waals surface area contributed by atoms with Gasteiger partial charge in [0.1, 0.15) is 0 Å². The minimum absolute atomic E-state index is 1.09. The second-order valence-electron chi connectivity index (χ2n) is 15.3. The van der Waals surface area contributed by atoms with Crippen LogP contribution in [0.4, 0.5) is 17.1 Å². The molecule has 0 aliphatic carbocycles. The van der Waals surface area contributed by atoms with E-state index >= 15 is 0 Å². The van der Waals surface area contributed by atoms with Crippen molar-refractivity contribution in [2.24, 2.45) is 0 Å². The van der Waals surface area contributed by atoms with Crippen LogP contribution in [-0.2, 0) is 0 Å². The summed E-state index contributed by atoms with van der Waals surface area (Å²) in [6, 6.07) is 87.8. The van der Waals surface area contributed by atoms with Gasteiger partial charge in [-0.3, -0.25) is 0 Å². The quantitative estimate of drug-likeness (QED) is 0.140. The third-order valence-electron chi connectivity index (χ3n) is 11.8. The SMILES string of the molecule is c1ccc(-c2ccc(N(c3ccc(-c4ccccc4)cc3)c3ccc(-c4c(-c5ccccc5)c(-c5ccccc5)n5c6ccccc6c6ccccc6c45)cc3)cc2)cc1. The molecular formula is C58H40N2. The highest BCUT2D eigenvalue weighted by Crippen LogP contribution is 2.49. The molecule has 0 radical (unpaired) electrons. The van der Waals surface area contributed by atoms with E-state index in [2.05, 4.69) is 252 Å². The number of benzene rings is 9. The number of nitrogens with zero attached hydrogens (tertiary/aromatic N) is 2. The Labute approximate surface area is 350 Å². The first-order valence-electron chi connectivity index (χ1n) is 20.6. The summed E-state index contributed by atoms with van der Waals surface area (Å²) in [5, 5.41) is 3.72. The molecule has 282 valence electrons. The van der Waals surface area contributed by atoms with Gasteiger partial charge in [-0.2, -0.15) is 0 Å². The van der Waals surface area contributed by atoms with Crippen LogP contribution in [0.3, 0.4) is 0 Å². The molecule has 0 aliphatic rings. The van der Waals surface area contributed by atoms with Crippen molar-refractivity contribution >= 4 is 44.3 Å². The minimum atomic E-state index is 1.09. The van der Waals surface area contributed by atoms with E-state index in [0.717, 1.165) is 22.6 Å². The van der Waals surface area contributed by atoms with Gasteiger partial charge in [0, 0.05) is 39.0 Å². The molecule has 11 aromatic rings. The Morgan fingerprint density at radius 2 is 0.600 bits per heavy atom. The molecule has 0 unspecified atom stereocenters. The molecule has 0 aliphatic heterocycles. The first-order chi connectivity index (χ1) is 29.8. The molecule has 2 nitrogen and oxygen atoms in total. The predicted molar refractivity (Wildman–Crippen MR) is 254 cm³/mol. The number of fused-ring (bicyclic) bond motifs is 6. The molecule has 0 saturated carbocycles. The lowest BCUT2D eigenvalue weighted by Gasteiger charge is -2.26. The summed E-state index contributed by atoms with van der Waals surface area (Å²) in [4.78, 5) is 2.36. The van der Waals surface area contributed by atoms with Crippen LogP contribution in [0.25, 0.3) is 83.0 Å². The van der Waals surface area contributed by atoms with Crippen LogP contribution >= 0.6 is 0 Å². The van der Waals surface area contributed by atoms with Crippen molar-refractivity contribution in [3.63, 3.8) is 0 Å². The summed E-state index contributed by atoms with van der Waals surface area (Å²) in [6.07, 6.45) is 0. The second-order valence-corrected chi connectivity index (χ2v) is 15.3. The molecule has 0 saturated heterocycles. The van der Waals surface area contributed by atoms with Gasteiger partial charge in [-0.25, -0.2) is 0 Å². The average Bonchev–Trinajstić information content (AvgIpc) is 3.70. The Kier molecular flexibility index (Phi) is 8.87. The number of pyridine rings is 1. The van der Waals surface area contributed by atoms with Crippen molar-refractivity contribution in [2.75, 3.05) is 4.90 Å². The smallest absolute Gasteiger partial charge is 0.0626 e. The van der Waals surface area contributed by atoms with Gasteiger partial charge in [0.25, 0.3) is 0 Å². The summed E-state index contributed by atoms with van der Waals surface area (Å²) in [5.74, 6) is 0. The first kappa shape index (κ1) is 35.2. The summed E-state index contributed by atoms with van der Waals surface area (Å²) in [7, 11) is 0. The lowest BCUT2D eigenvalue weighted by Crippen LogP contribution is -2.09. The highest BCUT2D eigenvalue weighted by molar-refractivity contribution is 6.20. The van der Waals surface area contributed by atoms with Crippen molar-refractivity contribution in [3.05, 3.63) is 243 Å². The summed E-state index contributed by atoms with van der Waals surface area (Å²) >= 11 is 0. The highest BCUT2D eigenvalue weighted by Gasteiger charge is 2.26. The zero-order chi connectivity index (χ0) is 39.8. The van der Waals surface area contributed by atoms with Crippen LogP contribution in [0.1, 0.15) is 0 Å². The summed E-state index contributed by atoms with van der Waals surface area (Å²) in [6.45, 7) is 0. The van der Waals surface area contributed by atoms with Crippen molar-refractivity contribution in [1.82, 2.24) is 4.40 Å². The third kappa shape index (κ3) is 6.14. The number of para-hydroxylation sites is 1. The molecule has 11 rings (SSSR count). The first-order valence-corrected chi connectivity index (χ1v) is 20.6. The summed E-state index contributed by atoms with van der Waals surface area (Å²) < 4.78 is 2.52. The number of rotatable bonds is 8. The molecule has 0 spiro atoms. The molecule has 9 aromatic carbocycles. The van der Waals surface area contributed by atoms with Crippen molar-refractivity contribution in [1.29, 1.82) is 0 Å². The van der Waals surface area contributed by atoms with Gasteiger partial charge in [0.05, 0.1) is 16.7 Å². The van der Waals surface area contributed by atoms with Gasteiger partial charge >= 0.3 is 0 Å². The predicted octanol–water partition coefficient (Wildman–Crippen LogP) is 16.1. The third-order valence-corrected chi connectivity index (χ3v) is 11.8. The van der Waals surface area contributed by atoms with Gasteiger partial charge in [0.15, 0.2) is 0 Å². The molecular weight excluding hydrogens is 725 g/mol. The van der Waals surface area contributed by atoms with Crippen molar-refractivity contribution < 1.29 is 0 Å². The number of hydrogen-bond donors (Lipinski definition) is 0. The monoisotopic (exact) mass is 764 g/mol.